The van der Waals surface area contributed by atoms with Gasteiger partial charge in [-0.15, -0.1) is 0 Å². The van der Waals surface area contributed by atoms with Crippen LogP contribution in [0.3, 0.4) is 0 Å². The first kappa shape index (κ1) is 29.2. The van der Waals surface area contributed by atoms with Crippen LogP contribution in [0, 0.1) is 23.1 Å². The summed E-state index contributed by atoms with van der Waals surface area (Å²) < 4.78 is 31.0. The second kappa shape index (κ2) is 13.3. The van der Waals surface area contributed by atoms with Gasteiger partial charge in [0.15, 0.2) is 6.29 Å². The van der Waals surface area contributed by atoms with Crippen LogP contribution in [0.5, 0.6) is 0 Å². The van der Waals surface area contributed by atoms with Crippen molar-refractivity contribution >= 4 is 17.7 Å². The van der Waals surface area contributed by atoms with E-state index in [9.17, 15) is 9.18 Å². The van der Waals surface area contributed by atoms with Gasteiger partial charge in [0.1, 0.15) is 23.2 Å². The molecule has 2 rings (SSSR count). The predicted molar refractivity (Wildman–Crippen MR) is 135 cm³/mol. The number of carbonyl (C=O) groups excluding carboxylic acids is 1. The van der Waals surface area contributed by atoms with E-state index in [1.165, 1.54) is 29.2 Å². The van der Waals surface area contributed by atoms with Gasteiger partial charge in [0.05, 0.1) is 24.1 Å². The average molecular weight is 524 g/mol. The van der Waals surface area contributed by atoms with Crippen molar-refractivity contribution in [3.05, 3.63) is 58.3 Å². The van der Waals surface area contributed by atoms with Crippen LogP contribution in [-0.4, -0.2) is 61.1 Å². The average Bonchev–Trinajstić information content (AvgIpc) is 2.81. The molecule has 4 N–H and O–H groups in total. The Bertz CT molecular complexity index is 997. The highest BCUT2D eigenvalue weighted by molar-refractivity contribution is 6.30. The first-order valence-corrected chi connectivity index (χ1v) is 11.9. The topological polar surface area (TPSA) is 127 Å². The number of carbonyl (C=O) groups is 1. The van der Waals surface area contributed by atoms with E-state index in [2.05, 4.69) is 0 Å². The molecule has 0 aromatic heterocycles. The van der Waals surface area contributed by atoms with Crippen LogP contribution in [0.25, 0.3) is 0 Å². The normalized spacial score (nSPS) is 18.9. The third-order valence-electron chi connectivity index (χ3n) is 5.19. The number of rotatable bonds is 9. The molecule has 0 aliphatic carbocycles. The van der Waals surface area contributed by atoms with Crippen molar-refractivity contribution in [2.24, 2.45) is 17.4 Å². The first-order chi connectivity index (χ1) is 16.9. The smallest absolute Gasteiger partial charge is 0.410 e. The van der Waals surface area contributed by atoms with Gasteiger partial charge < -0.3 is 35.5 Å². The molecule has 0 saturated carbocycles. The molecule has 1 aromatic rings. The Morgan fingerprint density at radius 3 is 2.56 bits per heavy atom. The van der Waals surface area contributed by atoms with Crippen LogP contribution < -0.4 is 11.5 Å². The Balaban J connectivity index is 1.94. The number of nitrogens with two attached hydrogens (primary N) is 2. The maximum Gasteiger partial charge on any atom is 0.410 e. The monoisotopic (exact) mass is 523 g/mol. The van der Waals surface area contributed by atoms with E-state index in [4.69, 9.17) is 42.5 Å². The van der Waals surface area contributed by atoms with Gasteiger partial charge in [-0.2, -0.15) is 5.26 Å². The second-order valence-electron chi connectivity index (χ2n) is 9.61. The third-order valence-corrected chi connectivity index (χ3v) is 5.50. The fourth-order valence-corrected chi connectivity index (χ4v) is 3.51. The minimum atomic E-state index is -0.563. The number of nitrogens with zero attached hydrogens (tertiary/aromatic N) is 3. The highest BCUT2D eigenvalue weighted by atomic mass is 35.5. The van der Waals surface area contributed by atoms with E-state index in [1.807, 2.05) is 26.8 Å². The summed E-state index contributed by atoms with van der Waals surface area (Å²) in [5, 5.41) is 8.90. The van der Waals surface area contributed by atoms with Crippen molar-refractivity contribution in [1.29, 1.82) is 5.26 Å². The van der Waals surface area contributed by atoms with Crippen LogP contribution in [0.4, 0.5) is 9.18 Å². The highest BCUT2D eigenvalue weighted by Gasteiger charge is 2.27. The molecule has 1 aliphatic rings. The lowest BCUT2D eigenvalue weighted by molar-refractivity contribution is -0.205. The van der Waals surface area contributed by atoms with Gasteiger partial charge in [-0.3, -0.25) is 0 Å². The van der Waals surface area contributed by atoms with E-state index in [0.29, 0.717) is 50.7 Å². The van der Waals surface area contributed by atoms with Gasteiger partial charge in [-0.25, -0.2) is 9.18 Å². The zero-order valence-corrected chi connectivity index (χ0v) is 21.9. The highest BCUT2D eigenvalue weighted by Crippen LogP contribution is 2.20. The van der Waals surface area contributed by atoms with Gasteiger partial charge in [0.25, 0.3) is 0 Å². The molecule has 0 bridgehead atoms. The summed E-state index contributed by atoms with van der Waals surface area (Å²) in [4.78, 5) is 15.5. The van der Waals surface area contributed by atoms with Crippen molar-refractivity contribution in [2.45, 2.75) is 45.6 Å². The van der Waals surface area contributed by atoms with Gasteiger partial charge in [0.2, 0.25) is 0 Å². The van der Waals surface area contributed by atoms with Crippen molar-refractivity contribution < 1.29 is 23.4 Å². The summed E-state index contributed by atoms with van der Waals surface area (Å²) in [6.45, 7) is 7.48. The molecule has 1 amide bonds. The Labute approximate surface area is 217 Å². The van der Waals surface area contributed by atoms with Crippen molar-refractivity contribution in [2.75, 3.05) is 33.4 Å². The molecular formula is C25H35ClFN5O4. The molecular weight excluding hydrogens is 489 g/mol. The lowest BCUT2D eigenvalue weighted by Crippen LogP contribution is -2.42. The molecule has 9 nitrogen and oxygen atoms in total. The van der Waals surface area contributed by atoms with Gasteiger partial charge in [-0.1, -0.05) is 17.7 Å². The summed E-state index contributed by atoms with van der Waals surface area (Å²) in [5.41, 5.74) is 11.9. The Hall–Kier alpha value is -3.00. The summed E-state index contributed by atoms with van der Waals surface area (Å²) in [7, 11) is 1.68. The lowest BCUT2D eigenvalue weighted by Gasteiger charge is -2.33. The Morgan fingerprint density at radius 2 is 1.97 bits per heavy atom. The molecule has 1 aliphatic heterocycles. The summed E-state index contributed by atoms with van der Waals surface area (Å²) >= 11 is 5.79. The van der Waals surface area contributed by atoms with Gasteiger partial charge in [0, 0.05) is 39.0 Å². The number of allylic oxidation sites excluding steroid dienone is 3. The molecule has 0 unspecified atom stereocenters. The number of hydrogen-bond acceptors (Lipinski definition) is 8. The van der Waals surface area contributed by atoms with E-state index in [-0.39, 0.29) is 16.6 Å². The molecule has 0 radical (unpaired) electrons. The molecule has 0 spiro atoms. The van der Waals surface area contributed by atoms with E-state index in [0.717, 1.165) is 0 Å². The van der Waals surface area contributed by atoms with Crippen LogP contribution in [-0.2, 0) is 20.8 Å². The number of amides is 1. The molecule has 1 fully saturated rings. The van der Waals surface area contributed by atoms with Crippen molar-refractivity contribution in [3.63, 3.8) is 0 Å². The van der Waals surface area contributed by atoms with Gasteiger partial charge in [-0.05, 0) is 50.6 Å². The van der Waals surface area contributed by atoms with Crippen LogP contribution in [0.1, 0.15) is 32.8 Å². The molecule has 0 atom stereocenters. The van der Waals surface area contributed by atoms with E-state index < -0.39 is 23.8 Å². The zero-order chi connectivity index (χ0) is 26.9. The van der Waals surface area contributed by atoms with Crippen LogP contribution >= 0.6 is 11.6 Å². The number of nitriles is 1. The molecule has 1 aromatic carbocycles. The van der Waals surface area contributed by atoms with Crippen molar-refractivity contribution in [1.82, 2.24) is 9.80 Å². The molecule has 36 heavy (non-hydrogen) atoms. The fraction of sp³-hybridized carbons (Fsp3) is 0.520. The molecule has 11 heteroatoms. The molecule has 1 heterocycles. The maximum absolute atomic E-state index is 13.9. The molecule has 1 saturated heterocycles. The van der Waals surface area contributed by atoms with E-state index >= 15 is 0 Å². The van der Waals surface area contributed by atoms with Crippen molar-refractivity contribution in [3.8, 4) is 6.07 Å². The molecule has 198 valence electrons. The summed E-state index contributed by atoms with van der Waals surface area (Å²) in [6.07, 6.45) is 2.55. The first-order valence-electron chi connectivity index (χ1n) is 11.6. The Morgan fingerprint density at radius 1 is 1.31 bits per heavy atom. The standard InChI is InChI=1S/C25H35ClFN5O4/c1-25(2,3)36-24(33)31(4)13-18-15-34-23(35-16-18)9-10-32(22(30)8-6-19(29)12-28)14-17-5-7-20(26)21(27)11-17/h5-8,11,18,23H,9-10,13-16,29-30H2,1-4H3/b19-6-,22-8+. The predicted octanol–water partition coefficient (Wildman–Crippen LogP) is 3.69. The van der Waals surface area contributed by atoms with Gasteiger partial charge >= 0.3 is 6.09 Å². The quantitative estimate of drug-likeness (QED) is 0.370. The summed E-state index contributed by atoms with van der Waals surface area (Å²) in [6, 6.07) is 6.37. The second-order valence-corrected chi connectivity index (χ2v) is 10.0. The number of hydrogen-bond donors (Lipinski definition) is 2. The number of benzene rings is 1. The minimum Gasteiger partial charge on any atom is -0.444 e. The van der Waals surface area contributed by atoms with Crippen LogP contribution in [0.2, 0.25) is 5.02 Å². The van der Waals surface area contributed by atoms with E-state index in [1.54, 1.807) is 18.0 Å². The zero-order valence-electron chi connectivity index (χ0n) is 21.2. The maximum atomic E-state index is 13.9. The fourth-order valence-electron chi connectivity index (χ4n) is 3.39. The minimum absolute atomic E-state index is 0.0102. The largest absolute Gasteiger partial charge is 0.444 e. The number of halogens is 2. The third kappa shape index (κ3) is 9.93. The number of ether oxygens (including phenoxy) is 3. The SMILES string of the molecule is CN(CC1COC(CCN(Cc2ccc(Cl)c(F)c2)/C(N)=C/C=C(\N)C#N)OC1)C(=O)OC(C)(C)C. The van der Waals surface area contributed by atoms with Crippen LogP contribution in [0.15, 0.2) is 41.9 Å². The lowest BCUT2D eigenvalue weighted by atomic mass is 10.1. The summed E-state index contributed by atoms with van der Waals surface area (Å²) in [5.74, 6) is -0.168. The Kier molecular flexibility index (Phi) is 10.8.